The summed E-state index contributed by atoms with van der Waals surface area (Å²) in [6.45, 7) is 0. The molecule has 0 fully saturated rings. The maximum Gasteiger partial charge on any atom is 0.353 e. The van der Waals surface area contributed by atoms with E-state index in [0.717, 1.165) is 6.20 Å². The van der Waals surface area contributed by atoms with Crippen LogP contribution in [-0.2, 0) is 0 Å². The summed E-state index contributed by atoms with van der Waals surface area (Å²) in [5.74, 6) is -1.29. The lowest BCUT2D eigenvalue weighted by Gasteiger charge is -1.89. The smallest absolute Gasteiger partial charge is 0.353 e. The number of carbonyl (C=O) groups is 1. The Labute approximate surface area is 59.5 Å². The summed E-state index contributed by atoms with van der Waals surface area (Å²) >= 11 is 0. The molecule has 0 saturated heterocycles. The Morgan fingerprint density at radius 3 is 2.45 bits per heavy atom. The van der Waals surface area contributed by atoms with Crippen LogP contribution in [0.25, 0.3) is 0 Å². The fourth-order valence-electron chi connectivity index (χ4n) is 0.534. The molecule has 0 aliphatic rings. The molecular weight excluding hydrogens is 152 g/mol. The molecule has 0 aliphatic carbocycles. The minimum atomic E-state index is -1.29. The SMILES string of the molecule is O=C(O)c1c[nH]c(=O)c(=O)[nH]1. The zero-order chi connectivity index (χ0) is 8.43. The molecule has 6 heteroatoms. The van der Waals surface area contributed by atoms with Gasteiger partial charge in [-0.25, -0.2) is 4.79 Å². The van der Waals surface area contributed by atoms with Gasteiger partial charge in [-0.3, -0.25) is 9.59 Å². The first-order chi connectivity index (χ1) is 5.11. The number of aromatic amines is 2. The van der Waals surface area contributed by atoms with Crippen LogP contribution in [-0.4, -0.2) is 21.0 Å². The molecule has 1 heterocycles. The fraction of sp³-hybridized carbons (Fsp3) is 0. The van der Waals surface area contributed by atoms with Gasteiger partial charge in [0.15, 0.2) is 0 Å². The van der Waals surface area contributed by atoms with Crippen molar-refractivity contribution in [2.24, 2.45) is 0 Å². The molecule has 3 N–H and O–H groups in total. The first kappa shape index (κ1) is 7.26. The molecule has 0 radical (unpaired) electrons. The lowest BCUT2D eigenvalue weighted by molar-refractivity contribution is 0.0689. The van der Waals surface area contributed by atoms with Crippen molar-refractivity contribution in [3.63, 3.8) is 0 Å². The van der Waals surface area contributed by atoms with Crippen molar-refractivity contribution in [3.05, 3.63) is 32.6 Å². The molecule has 0 aromatic carbocycles. The average molecular weight is 156 g/mol. The van der Waals surface area contributed by atoms with Crippen molar-refractivity contribution < 1.29 is 9.90 Å². The van der Waals surface area contributed by atoms with E-state index in [-0.39, 0.29) is 5.69 Å². The first-order valence-corrected chi connectivity index (χ1v) is 2.66. The van der Waals surface area contributed by atoms with Crippen LogP contribution >= 0.6 is 0 Å². The van der Waals surface area contributed by atoms with Crippen LogP contribution in [0.1, 0.15) is 10.5 Å². The Kier molecular flexibility index (Phi) is 1.59. The minimum Gasteiger partial charge on any atom is -0.477 e. The van der Waals surface area contributed by atoms with E-state index < -0.39 is 17.1 Å². The highest BCUT2D eigenvalue weighted by molar-refractivity contribution is 5.84. The van der Waals surface area contributed by atoms with Crippen molar-refractivity contribution in [3.8, 4) is 0 Å². The van der Waals surface area contributed by atoms with E-state index in [4.69, 9.17) is 5.11 Å². The van der Waals surface area contributed by atoms with Crippen molar-refractivity contribution in [1.29, 1.82) is 0 Å². The van der Waals surface area contributed by atoms with E-state index in [1.54, 1.807) is 0 Å². The summed E-state index contributed by atoms with van der Waals surface area (Å²) in [6.07, 6.45) is 0.923. The Morgan fingerprint density at radius 2 is 2.00 bits per heavy atom. The largest absolute Gasteiger partial charge is 0.477 e. The molecule has 11 heavy (non-hydrogen) atoms. The first-order valence-electron chi connectivity index (χ1n) is 2.66. The standard InChI is InChI=1S/C5H4N2O4/c8-3-4(9)7-2(1-6-3)5(10)11/h1H,(H,6,8)(H,7,9)(H,10,11). The van der Waals surface area contributed by atoms with Crippen LogP contribution < -0.4 is 11.1 Å². The number of hydrogen-bond donors (Lipinski definition) is 3. The molecule has 58 valence electrons. The second kappa shape index (κ2) is 2.41. The van der Waals surface area contributed by atoms with Gasteiger partial charge in [-0.1, -0.05) is 0 Å². The Morgan fingerprint density at radius 1 is 1.36 bits per heavy atom. The Balaban J connectivity index is 3.38. The number of aromatic nitrogens is 2. The van der Waals surface area contributed by atoms with E-state index in [2.05, 4.69) is 0 Å². The molecule has 1 aromatic rings. The highest BCUT2D eigenvalue weighted by Crippen LogP contribution is 1.82. The van der Waals surface area contributed by atoms with Crippen LogP contribution in [0.3, 0.4) is 0 Å². The number of aromatic carboxylic acids is 1. The van der Waals surface area contributed by atoms with Crippen molar-refractivity contribution in [2.75, 3.05) is 0 Å². The second-order valence-electron chi connectivity index (χ2n) is 1.79. The van der Waals surface area contributed by atoms with Crippen molar-refractivity contribution in [2.45, 2.75) is 0 Å². The third-order valence-electron chi connectivity index (χ3n) is 1.03. The van der Waals surface area contributed by atoms with Gasteiger partial charge in [0.25, 0.3) is 0 Å². The number of hydrogen-bond acceptors (Lipinski definition) is 3. The van der Waals surface area contributed by atoms with Crippen LogP contribution in [0.5, 0.6) is 0 Å². The van der Waals surface area contributed by atoms with Gasteiger partial charge >= 0.3 is 17.1 Å². The summed E-state index contributed by atoms with van der Waals surface area (Å²) in [6, 6.07) is 0. The molecule has 6 nitrogen and oxygen atoms in total. The Bertz CT molecular complexity index is 388. The molecule has 0 amide bonds. The van der Waals surface area contributed by atoms with Gasteiger partial charge in [-0.2, -0.15) is 0 Å². The summed E-state index contributed by atoms with van der Waals surface area (Å²) in [4.78, 5) is 34.9. The molecule has 1 aromatic heterocycles. The van der Waals surface area contributed by atoms with Crippen LogP contribution in [0.4, 0.5) is 0 Å². The van der Waals surface area contributed by atoms with Gasteiger partial charge < -0.3 is 15.1 Å². The van der Waals surface area contributed by atoms with E-state index >= 15 is 0 Å². The van der Waals surface area contributed by atoms with E-state index in [1.807, 2.05) is 9.97 Å². The van der Waals surface area contributed by atoms with Gasteiger partial charge in [-0.05, 0) is 0 Å². The molecular formula is C5H4N2O4. The van der Waals surface area contributed by atoms with Crippen LogP contribution in [0, 0.1) is 0 Å². The fourth-order valence-corrected chi connectivity index (χ4v) is 0.534. The third kappa shape index (κ3) is 1.34. The average Bonchev–Trinajstić information content (AvgIpc) is 1.94. The molecule has 1 rings (SSSR count). The lowest BCUT2D eigenvalue weighted by Crippen LogP contribution is -2.30. The van der Waals surface area contributed by atoms with Crippen LogP contribution in [0.2, 0.25) is 0 Å². The number of carboxylic acids is 1. The molecule has 0 spiro atoms. The lowest BCUT2D eigenvalue weighted by atomic mass is 10.5. The zero-order valence-electron chi connectivity index (χ0n) is 5.25. The summed E-state index contributed by atoms with van der Waals surface area (Å²) in [5.41, 5.74) is -2.17. The maximum absolute atomic E-state index is 10.5. The number of carboxylic acid groups (broad SMARTS) is 1. The molecule has 0 saturated carbocycles. The predicted molar refractivity (Wildman–Crippen MR) is 34.6 cm³/mol. The predicted octanol–water partition coefficient (Wildman–Crippen LogP) is -1.24. The van der Waals surface area contributed by atoms with E-state index in [1.165, 1.54) is 0 Å². The van der Waals surface area contributed by atoms with Crippen molar-refractivity contribution in [1.82, 2.24) is 9.97 Å². The molecule has 0 atom stereocenters. The molecule has 0 aliphatic heterocycles. The number of rotatable bonds is 1. The normalized spacial score (nSPS) is 9.45. The quantitative estimate of drug-likeness (QED) is 0.442. The Hall–Kier alpha value is -1.85. The highest BCUT2D eigenvalue weighted by atomic mass is 16.4. The number of nitrogens with one attached hydrogen (secondary N) is 2. The van der Waals surface area contributed by atoms with Gasteiger partial charge in [-0.15, -0.1) is 0 Å². The monoisotopic (exact) mass is 156 g/mol. The maximum atomic E-state index is 10.5. The van der Waals surface area contributed by atoms with Gasteiger partial charge in [0.05, 0.1) is 0 Å². The summed E-state index contributed by atoms with van der Waals surface area (Å²) in [5, 5.41) is 8.31. The molecule has 0 unspecified atom stereocenters. The van der Waals surface area contributed by atoms with Gasteiger partial charge in [0.2, 0.25) is 0 Å². The third-order valence-corrected chi connectivity index (χ3v) is 1.03. The van der Waals surface area contributed by atoms with Gasteiger partial charge in [0.1, 0.15) is 5.69 Å². The van der Waals surface area contributed by atoms with E-state index in [0.29, 0.717) is 0 Å². The zero-order valence-corrected chi connectivity index (χ0v) is 5.25. The van der Waals surface area contributed by atoms with Gasteiger partial charge in [0, 0.05) is 6.20 Å². The summed E-state index contributed by atoms with van der Waals surface area (Å²) in [7, 11) is 0. The minimum absolute atomic E-state index is 0.338. The topological polar surface area (TPSA) is 103 Å². The highest BCUT2D eigenvalue weighted by Gasteiger charge is 2.03. The van der Waals surface area contributed by atoms with Crippen molar-refractivity contribution >= 4 is 5.97 Å². The summed E-state index contributed by atoms with van der Waals surface area (Å²) < 4.78 is 0. The van der Waals surface area contributed by atoms with Crippen LogP contribution in [0.15, 0.2) is 15.8 Å². The second-order valence-corrected chi connectivity index (χ2v) is 1.79. The van der Waals surface area contributed by atoms with E-state index in [9.17, 15) is 14.4 Å². The molecule has 0 bridgehead atoms. The number of H-pyrrole nitrogens is 2.